The lowest BCUT2D eigenvalue weighted by Gasteiger charge is -2.11. The first-order valence-electron chi connectivity index (χ1n) is 6.09. The summed E-state index contributed by atoms with van der Waals surface area (Å²) in [6.07, 6.45) is 4.15. The van der Waals surface area contributed by atoms with Crippen molar-refractivity contribution in [3.63, 3.8) is 0 Å². The van der Waals surface area contributed by atoms with Crippen molar-refractivity contribution >= 4 is 0 Å². The summed E-state index contributed by atoms with van der Waals surface area (Å²) < 4.78 is 13.4. The van der Waals surface area contributed by atoms with E-state index in [2.05, 4.69) is 17.1 Å². The molecule has 94 valence electrons. The highest BCUT2D eigenvalue weighted by Gasteiger charge is 2.11. The van der Waals surface area contributed by atoms with E-state index in [1.54, 1.807) is 0 Å². The van der Waals surface area contributed by atoms with Crippen molar-refractivity contribution in [3.8, 4) is 0 Å². The van der Waals surface area contributed by atoms with E-state index in [1.807, 2.05) is 18.2 Å². The van der Waals surface area contributed by atoms with Gasteiger partial charge >= 0.3 is 0 Å². The minimum Gasteiger partial charge on any atom is -0.388 e. The summed E-state index contributed by atoms with van der Waals surface area (Å²) in [6, 6.07) is 11.6. The number of hydrogen-bond donors (Lipinski definition) is 1. The van der Waals surface area contributed by atoms with Crippen LogP contribution in [0.25, 0.3) is 0 Å². The monoisotopic (exact) mass is 245 g/mol. The lowest BCUT2D eigenvalue weighted by atomic mass is 10.0. The summed E-state index contributed by atoms with van der Waals surface area (Å²) in [5.41, 5.74) is 1.57. The van der Waals surface area contributed by atoms with Crippen molar-refractivity contribution in [3.05, 3.63) is 65.7 Å². The number of nitrogens with zero attached hydrogens (tertiary/aromatic N) is 1. The van der Waals surface area contributed by atoms with Crippen molar-refractivity contribution in [2.24, 2.45) is 0 Å². The number of aromatic nitrogens is 1. The van der Waals surface area contributed by atoms with Crippen LogP contribution in [0, 0.1) is 5.82 Å². The van der Waals surface area contributed by atoms with Gasteiger partial charge in [-0.2, -0.15) is 0 Å². The quantitative estimate of drug-likeness (QED) is 0.877. The van der Waals surface area contributed by atoms with Crippen LogP contribution in [0.1, 0.15) is 30.1 Å². The third-order valence-electron chi connectivity index (χ3n) is 2.95. The molecule has 2 aromatic rings. The van der Waals surface area contributed by atoms with Crippen LogP contribution in [0.3, 0.4) is 0 Å². The van der Waals surface area contributed by atoms with Crippen molar-refractivity contribution in [2.75, 3.05) is 0 Å². The zero-order valence-electron chi connectivity index (χ0n) is 10.1. The Hall–Kier alpha value is -1.74. The largest absolute Gasteiger partial charge is 0.388 e. The fourth-order valence-electron chi connectivity index (χ4n) is 1.96. The van der Waals surface area contributed by atoms with Crippen LogP contribution >= 0.6 is 0 Å². The summed E-state index contributed by atoms with van der Waals surface area (Å²) in [6.45, 7) is 0. The maximum Gasteiger partial charge on any atom is 0.147 e. The van der Waals surface area contributed by atoms with Gasteiger partial charge in [0.1, 0.15) is 5.82 Å². The Morgan fingerprint density at radius 1 is 1.17 bits per heavy atom. The maximum atomic E-state index is 13.4. The lowest BCUT2D eigenvalue weighted by molar-refractivity contribution is 0.160. The fraction of sp³-hybridized carbons (Fsp3) is 0.267. The van der Waals surface area contributed by atoms with Crippen molar-refractivity contribution < 1.29 is 9.50 Å². The maximum absolute atomic E-state index is 13.4. The molecule has 0 spiro atoms. The molecule has 3 heteroatoms. The number of hydrogen-bond acceptors (Lipinski definition) is 2. The molecule has 1 heterocycles. The average molecular weight is 245 g/mol. The molecule has 0 saturated heterocycles. The predicted molar refractivity (Wildman–Crippen MR) is 68.5 cm³/mol. The van der Waals surface area contributed by atoms with E-state index in [0.29, 0.717) is 12.0 Å². The molecule has 1 atom stereocenters. The van der Waals surface area contributed by atoms with E-state index in [0.717, 1.165) is 19.0 Å². The molecule has 2 rings (SSSR count). The summed E-state index contributed by atoms with van der Waals surface area (Å²) in [4.78, 5) is 3.67. The molecule has 0 amide bonds. The van der Waals surface area contributed by atoms with Crippen molar-refractivity contribution in [1.82, 2.24) is 4.98 Å². The van der Waals surface area contributed by atoms with E-state index in [-0.39, 0.29) is 0 Å². The molecule has 0 bridgehead atoms. The minimum atomic E-state index is -0.753. The topological polar surface area (TPSA) is 33.1 Å². The second-order valence-electron chi connectivity index (χ2n) is 4.29. The standard InChI is InChI=1S/C15H16FNO/c16-14-11-17-10-9-13(14)15(18)8-4-7-12-5-2-1-3-6-12/h1-3,5-6,9-11,15,18H,4,7-8H2. The summed E-state index contributed by atoms with van der Waals surface area (Å²) in [5, 5.41) is 9.91. The highest BCUT2D eigenvalue weighted by molar-refractivity contribution is 5.16. The molecular weight excluding hydrogens is 229 g/mol. The highest BCUT2D eigenvalue weighted by Crippen LogP contribution is 2.21. The first kappa shape index (κ1) is 12.7. The Balaban J connectivity index is 1.86. The zero-order valence-corrected chi connectivity index (χ0v) is 10.1. The third kappa shape index (κ3) is 3.37. The Morgan fingerprint density at radius 2 is 1.94 bits per heavy atom. The van der Waals surface area contributed by atoms with E-state index >= 15 is 0 Å². The van der Waals surface area contributed by atoms with Gasteiger partial charge in [0.05, 0.1) is 12.3 Å². The number of pyridine rings is 1. The van der Waals surface area contributed by atoms with Gasteiger partial charge in [0.15, 0.2) is 0 Å². The molecule has 0 saturated carbocycles. The highest BCUT2D eigenvalue weighted by atomic mass is 19.1. The second-order valence-corrected chi connectivity index (χ2v) is 4.29. The predicted octanol–water partition coefficient (Wildman–Crippen LogP) is 3.28. The molecule has 18 heavy (non-hydrogen) atoms. The average Bonchev–Trinajstić information content (AvgIpc) is 2.40. The number of aliphatic hydroxyl groups is 1. The molecule has 1 N–H and O–H groups in total. The molecule has 0 aliphatic carbocycles. The molecule has 1 unspecified atom stereocenters. The zero-order chi connectivity index (χ0) is 12.8. The van der Waals surface area contributed by atoms with Gasteiger partial charge in [-0.05, 0) is 30.9 Å². The molecule has 2 nitrogen and oxygen atoms in total. The first-order chi connectivity index (χ1) is 8.77. The first-order valence-corrected chi connectivity index (χ1v) is 6.09. The molecule has 0 aliphatic heterocycles. The van der Waals surface area contributed by atoms with E-state index in [9.17, 15) is 9.50 Å². The summed E-state index contributed by atoms with van der Waals surface area (Å²) in [5.74, 6) is -0.440. The number of aryl methyl sites for hydroxylation is 1. The van der Waals surface area contributed by atoms with Gasteiger partial charge in [-0.1, -0.05) is 30.3 Å². The second kappa shape index (κ2) is 6.26. The van der Waals surface area contributed by atoms with Gasteiger partial charge in [0.2, 0.25) is 0 Å². The van der Waals surface area contributed by atoms with E-state index in [1.165, 1.54) is 17.8 Å². The van der Waals surface area contributed by atoms with Crippen LogP contribution in [-0.4, -0.2) is 10.1 Å². The van der Waals surface area contributed by atoms with Crippen LogP contribution in [0.2, 0.25) is 0 Å². The fourth-order valence-corrected chi connectivity index (χ4v) is 1.96. The third-order valence-corrected chi connectivity index (χ3v) is 2.95. The van der Waals surface area contributed by atoms with E-state index in [4.69, 9.17) is 0 Å². The molecule has 0 aliphatic rings. The normalized spacial score (nSPS) is 12.3. The van der Waals surface area contributed by atoms with Crippen LogP contribution < -0.4 is 0 Å². The van der Waals surface area contributed by atoms with Crippen LogP contribution in [-0.2, 0) is 6.42 Å². The van der Waals surface area contributed by atoms with Gasteiger partial charge < -0.3 is 5.11 Å². The number of halogens is 1. The SMILES string of the molecule is OC(CCCc1ccccc1)c1ccncc1F. The molecule has 0 radical (unpaired) electrons. The Kier molecular flexibility index (Phi) is 4.42. The van der Waals surface area contributed by atoms with Crippen LogP contribution in [0.15, 0.2) is 48.8 Å². The minimum absolute atomic E-state index is 0.332. The Morgan fingerprint density at radius 3 is 2.67 bits per heavy atom. The lowest BCUT2D eigenvalue weighted by Crippen LogP contribution is -2.02. The molecule has 1 aromatic heterocycles. The van der Waals surface area contributed by atoms with Gasteiger partial charge in [0, 0.05) is 11.8 Å². The summed E-state index contributed by atoms with van der Waals surface area (Å²) >= 11 is 0. The smallest absolute Gasteiger partial charge is 0.147 e. The Labute approximate surface area is 106 Å². The Bertz CT molecular complexity index is 487. The number of rotatable bonds is 5. The van der Waals surface area contributed by atoms with Crippen molar-refractivity contribution in [1.29, 1.82) is 0 Å². The van der Waals surface area contributed by atoms with Gasteiger partial charge in [0.25, 0.3) is 0 Å². The van der Waals surface area contributed by atoms with Crippen LogP contribution in [0.4, 0.5) is 4.39 Å². The van der Waals surface area contributed by atoms with Gasteiger partial charge in [-0.15, -0.1) is 0 Å². The van der Waals surface area contributed by atoms with Gasteiger partial charge in [-0.3, -0.25) is 4.98 Å². The number of aliphatic hydroxyl groups excluding tert-OH is 1. The molecule has 0 fully saturated rings. The number of benzene rings is 1. The van der Waals surface area contributed by atoms with Gasteiger partial charge in [-0.25, -0.2) is 4.39 Å². The summed E-state index contributed by atoms with van der Waals surface area (Å²) in [7, 11) is 0. The molecular formula is C15H16FNO. The molecule has 1 aromatic carbocycles. The van der Waals surface area contributed by atoms with Crippen molar-refractivity contribution in [2.45, 2.75) is 25.4 Å². The van der Waals surface area contributed by atoms with E-state index < -0.39 is 11.9 Å². The van der Waals surface area contributed by atoms with Crippen LogP contribution in [0.5, 0.6) is 0 Å².